The fourth-order valence-electron chi connectivity index (χ4n) is 2.90. The van der Waals surface area contributed by atoms with Crippen molar-refractivity contribution in [2.45, 2.75) is 26.8 Å². The molecular weight excluding hydrogens is 328 g/mol. The first kappa shape index (κ1) is 17.7. The van der Waals surface area contributed by atoms with Crippen LogP contribution in [0.25, 0.3) is 10.8 Å². The second-order valence-corrected chi connectivity index (χ2v) is 6.24. The van der Waals surface area contributed by atoms with E-state index in [-0.39, 0.29) is 18.1 Å². The molecule has 0 spiro atoms. The first-order valence-corrected chi connectivity index (χ1v) is 8.70. The van der Waals surface area contributed by atoms with E-state index in [1.165, 1.54) is 0 Å². The van der Waals surface area contributed by atoms with E-state index in [0.29, 0.717) is 23.1 Å². The van der Waals surface area contributed by atoms with Gasteiger partial charge in [0.05, 0.1) is 5.39 Å². The monoisotopic (exact) mass is 350 g/mol. The van der Waals surface area contributed by atoms with Gasteiger partial charge in [0, 0.05) is 23.8 Å². The number of ether oxygens (including phenoxy) is 1. The molecular formula is C21H22N2O3. The van der Waals surface area contributed by atoms with Gasteiger partial charge in [0.25, 0.3) is 11.5 Å². The highest BCUT2D eigenvalue weighted by atomic mass is 16.5. The largest absolute Gasteiger partial charge is 0.483 e. The Morgan fingerprint density at radius 2 is 1.92 bits per heavy atom. The van der Waals surface area contributed by atoms with Crippen LogP contribution in [0.1, 0.15) is 18.9 Å². The number of anilines is 1. The Morgan fingerprint density at radius 1 is 1.12 bits per heavy atom. The number of aromatic nitrogens is 1. The summed E-state index contributed by atoms with van der Waals surface area (Å²) in [7, 11) is 0. The van der Waals surface area contributed by atoms with Gasteiger partial charge in [0.15, 0.2) is 6.61 Å². The molecule has 0 radical (unpaired) electrons. The van der Waals surface area contributed by atoms with Crippen LogP contribution in [0, 0.1) is 6.92 Å². The zero-order chi connectivity index (χ0) is 18.5. The molecule has 5 heteroatoms. The Bertz CT molecular complexity index is 992. The number of fused-ring (bicyclic) bond motifs is 1. The fourth-order valence-corrected chi connectivity index (χ4v) is 2.90. The van der Waals surface area contributed by atoms with Crippen LogP contribution in [0.4, 0.5) is 5.69 Å². The van der Waals surface area contributed by atoms with Crippen LogP contribution in [0.15, 0.2) is 59.5 Å². The Morgan fingerprint density at radius 3 is 2.69 bits per heavy atom. The van der Waals surface area contributed by atoms with Crippen LogP contribution in [0.2, 0.25) is 0 Å². The second-order valence-electron chi connectivity index (χ2n) is 6.24. The summed E-state index contributed by atoms with van der Waals surface area (Å²) in [5, 5.41) is 4.12. The maximum absolute atomic E-state index is 12.5. The van der Waals surface area contributed by atoms with Crippen molar-refractivity contribution >= 4 is 22.4 Å². The van der Waals surface area contributed by atoms with Gasteiger partial charge in [-0.3, -0.25) is 9.59 Å². The number of nitrogens with one attached hydrogen (secondary N) is 1. The third-order valence-corrected chi connectivity index (χ3v) is 4.10. The average Bonchev–Trinajstić information content (AvgIpc) is 2.62. The van der Waals surface area contributed by atoms with E-state index < -0.39 is 0 Å². The van der Waals surface area contributed by atoms with Crippen molar-refractivity contribution in [1.29, 1.82) is 0 Å². The maximum atomic E-state index is 12.5. The lowest BCUT2D eigenvalue weighted by atomic mass is 10.1. The summed E-state index contributed by atoms with van der Waals surface area (Å²) in [5.41, 5.74) is 1.76. The zero-order valence-corrected chi connectivity index (χ0v) is 15.0. The standard InChI is InChI=1S/C21H22N2O3/c1-3-11-23-12-10-17-18(21(23)25)8-5-9-19(17)26-14-20(24)22-16-7-4-6-15(2)13-16/h4-10,12-13H,3,11,14H2,1-2H3,(H,22,24). The Balaban J connectivity index is 1.75. The molecule has 1 aromatic heterocycles. The van der Waals surface area contributed by atoms with Crippen molar-refractivity contribution in [2.75, 3.05) is 11.9 Å². The van der Waals surface area contributed by atoms with Crippen molar-refractivity contribution in [3.05, 3.63) is 70.6 Å². The van der Waals surface area contributed by atoms with Gasteiger partial charge in [0.2, 0.25) is 0 Å². The Labute approximate surface area is 152 Å². The Kier molecular flexibility index (Phi) is 5.37. The van der Waals surface area contributed by atoms with E-state index in [0.717, 1.165) is 17.7 Å². The van der Waals surface area contributed by atoms with Crippen LogP contribution < -0.4 is 15.6 Å². The molecule has 0 unspecified atom stereocenters. The smallest absolute Gasteiger partial charge is 0.262 e. The van der Waals surface area contributed by atoms with E-state index in [2.05, 4.69) is 5.32 Å². The number of pyridine rings is 1. The van der Waals surface area contributed by atoms with Gasteiger partial charge in [-0.2, -0.15) is 0 Å². The molecule has 5 nitrogen and oxygen atoms in total. The summed E-state index contributed by atoms with van der Waals surface area (Å²) in [6.45, 7) is 4.56. The highest BCUT2D eigenvalue weighted by Gasteiger charge is 2.09. The summed E-state index contributed by atoms with van der Waals surface area (Å²) in [5.74, 6) is 0.287. The number of aryl methyl sites for hydroxylation is 2. The number of hydrogen-bond donors (Lipinski definition) is 1. The van der Waals surface area contributed by atoms with Gasteiger partial charge < -0.3 is 14.6 Å². The Hall–Kier alpha value is -3.08. The van der Waals surface area contributed by atoms with Gasteiger partial charge in [-0.25, -0.2) is 0 Å². The average molecular weight is 350 g/mol. The lowest BCUT2D eigenvalue weighted by molar-refractivity contribution is -0.118. The molecule has 0 aliphatic rings. The lowest BCUT2D eigenvalue weighted by Crippen LogP contribution is -2.21. The van der Waals surface area contributed by atoms with Crippen LogP contribution >= 0.6 is 0 Å². The molecule has 1 amide bonds. The van der Waals surface area contributed by atoms with Crippen LogP contribution in [-0.2, 0) is 11.3 Å². The van der Waals surface area contributed by atoms with Crippen LogP contribution in [-0.4, -0.2) is 17.1 Å². The topological polar surface area (TPSA) is 60.3 Å². The van der Waals surface area contributed by atoms with Crippen molar-refractivity contribution in [3.63, 3.8) is 0 Å². The number of carbonyl (C=O) groups is 1. The first-order chi connectivity index (χ1) is 12.6. The third-order valence-electron chi connectivity index (χ3n) is 4.10. The van der Waals surface area contributed by atoms with E-state index in [1.54, 1.807) is 29.0 Å². The van der Waals surface area contributed by atoms with E-state index in [1.807, 2.05) is 44.2 Å². The highest BCUT2D eigenvalue weighted by molar-refractivity contribution is 5.93. The molecule has 134 valence electrons. The molecule has 0 saturated carbocycles. The summed E-state index contributed by atoms with van der Waals surface area (Å²) in [4.78, 5) is 24.6. The SMILES string of the molecule is CCCn1ccc2c(OCC(=O)Nc3cccc(C)c3)cccc2c1=O. The molecule has 0 aliphatic carbocycles. The fraction of sp³-hybridized carbons (Fsp3) is 0.238. The van der Waals surface area contributed by atoms with Crippen molar-refractivity contribution in [2.24, 2.45) is 0 Å². The maximum Gasteiger partial charge on any atom is 0.262 e. The molecule has 0 saturated heterocycles. The van der Waals surface area contributed by atoms with Gasteiger partial charge in [-0.1, -0.05) is 25.1 Å². The first-order valence-electron chi connectivity index (χ1n) is 8.70. The number of hydrogen-bond acceptors (Lipinski definition) is 3. The molecule has 0 aliphatic heterocycles. The van der Waals surface area contributed by atoms with Crippen molar-refractivity contribution < 1.29 is 9.53 Å². The van der Waals surface area contributed by atoms with E-state index in [4.69, 9.17) is 4.74 Å². The van der Waals surface area contributed by atoms with Crippen molar-refractivity contribution in [3.8, 4) is 5.75 Å². The summed E-state index contributed by atoms with van der Waals surface area (Å²) in [6.07, 6.45) is 2.66. The lowest BCUT2D eigenvalue weighted by Gasteiger charge is -2.11. The second kappa shape index (κ2) is 7.87. The summed E-state index contributed by atoms with van der Waals surface area (Å²) >= 11 is 0. The number of amides is 1. The predicted octanol–water partition coefficient (Wildman–Crippen LogP) is 3.74. The molecule has 3 rings (SSSR count). The van der Waals surface area contributed by atoms with Crippen LogP contribution in [0.3, 0.4) is 0 Å². The predicted molar refractivity (Wildman–Crippen MR) is 104 cm³/mol. The minimum absolute atomic E-state index is 0.0426. The van der Waals surface area contributed by atoms with Crippen molar-refractivity contribution in [1.82, 2.24) is 4.57 Å². The third kappa shape index (κ3) is 3.94. The van der Waals surface area contributed by atoms with Gasteiger partial charge in [0.1, 0.15) is 5.75 Å². The molecule has 1 N–H and O–H groups in total. The van der Waals surface area contributed by atoms with Gasteiger partial charge >= 0.3 is 0 Å². The normalized spacial score (nSPS) is 10.7. The van der Waals surface area contributed by atoms with Crippen LogP contribution in [0.5, 0.6) is 5.75 Å². The summed E-state index contributed by atoms with van der Waals surface area (Å²) in [6, 6.07) is 14.8. The number of benzene rings is 2. The highest BCUT2D eigenvalue weighted by Crippen LogP contribution is 2.23. The number of nitrogens with zero attached hydrogens (tertiary/aromatic N) is 1. The van der Waals surface area contributed by atoms with E-state index >= 15 is 0 Å². The molecule has 0 bridgehead atoms. The quantitative estimate of drug-likeness (QED) is 0.737. The minimum atomic E-state index is -0.244. The molecule has 0 fully saturated rings. The molecule has 2 aromatic carbocycles. The molecule has 1 heterocycles. The molecule has 26 heavy (non-hydrogen) atoms. The summed E-state index contributed by atoms with van der Waals surface area (Å²) < 4.78 is 7.37. The molecule has 0 atom stereocenters. The zero-order valence-electron chi connectivity index (χ0n) is 15.0. The minimum Gasteiger partial charge on any atom is -0.483 e. The van der Waals surface area contributed by atoms with E-state index in [9.17, 15) is 9.59 Å². The number of rotatable bonds is 6. The number of carbonyl (C=O) groups excluding carboxylic acids is 1. The van der Waals surface area contributed by atoms with Gasteiger partial charge in [-0.05, 0) is 49.2 Å². The van der Waals surface area contributed by atoms with Gasteiger partial charge in [-0.15, -0.1) is 0 Å². The molecule has 3 aromatic rings.